The molecule has 1 aliphatic rings. The van der Waals surface area contributed by atoms with Gasteiger partial charge in [-0.05, 0) is 60.7 Å². The monoisotopic (exact) mass is 446 g/mol. The van der Waals surface area contributed by atoms with Gasteiger partial charge in [0, 0.05) is 44.5 Å². The Morgan fingerprint density at radius 1 is 1.06 bits per heavy atom. The molecule has 1 aliphatic heterocycles. The third-order valence-corrected chi connectivity index (χ3v) is 5.91. The zero-order valence-corrected chi connectivity index (χ0v) is 18.9. The third kappa shape index (κ3) is 6.41. The highest BCUT2D eigenvalue weighted by molar-refractivity contribution is 5.79. The Morgan fingerprint density at radius 2 is 1.88 bits per heavy atom. The quantitative estimate of drug-likeness (QED) is 0.522. The largest absolute Gasteiger partial charge is 0.497 e. The van der Waals surface area contributed by atoms with Gasteiger partial charge in [0.2, 0.25) is 5.91 Å². The van der Waals surface area contributed by atoms with Crippen LogP contribution in [0.5, 0.6) is 5.75 Å². The molecule has 3 heterocycles. The summed E-state index contributed by atoms with van der Waals surface area (Å²) in [5.74, 6) is 2.61. The Kier molecular flexibility index (Phi) is 7.68. The highest BCUT2D eigenvalue weighted by Gasteiger charge is 2.25. The number of rotatable bonds is 9. The molecule has 0 radical (unpaired) electrons. The Bertz CT molecular complexity index is 1000. The summed E-state index contributed by atoms with van der Waals surface area (Å²) in [6, 6.07) is 15.8. The van der Waals surface area contributed by atoms with E-state index >= 15 is 0 Å². The topological polar surface area (TPSA) is 92.3 Å². The first-order valence-electron chi connectivity index (χ1n) is 11.3. The van der Waals surface area contributed by atoms with Gasteiger partial charge in [0.15, 0.2) is 5.82 Å². The van der Waals surface area contributed by atoms with E-state index in [1.807, 2.05) is 54.7 Å². The second-order valence-electron chi connectivity index (χ2n) is 8.14. The van der Waals surface area contributed by atoms with E-state index in [4.69, 9.17) is 4.74 Å². The second kappa shape index (κ2) is 11.3. The molecule has 3 aromatic rings. The average molecular weight is 447 g/mol. The fraction of sp³-hybridized carbons (Fsp3) is 0.360. The third-order valence-electron chi connectivity index (χ3n) is 5.91. The van der Waals surface area contributed by atoms with Gasteiger partial charge in [0.25, 0.3) is 0 Å². The molecule has 8 heteroatoms. The van der Waals surface area contributed by atoms with Crippen LogP contribution in [0.15, 0.2) is 60.9 Å². The van der Waals surface area contributed by atoms with Crippen LogP contribution in [0.1, 0.15) is 24.0 Å². The highest BCUT2D eigenvalue weighted by atomic mass is 16.5. The van der Waals surface area contributed by atoms with Gasteiger partial charge in [0.1, 0.15) is 11.6 Å². The van der Waals surface area contributed by atoms with E-state index in [0.29, 0.717) is 13.1 Å². The van der Waals surface area contributed by atoms with Crippen LogP contribution < -0.4 is 20.3 Å². The number of hydrogen-bond acceptors (Lipinski definition) is 7. The molecule has 1 amide bonds. The van der Waals surface area contributed by atoms with Crippen molar-refractivity contribution in [2.45, 2.75) is 25.8 Å². The molecule has 1 fully saturated rings. The van der Waals surface area contributed by atoms with Crippen LogP contribution in [0.2, 0.25) is 0 Å². The summed E-state index contributed by atoms with van der Waals surface area (Å²) < 4.78 is 5.18. The summed E-state index contributed by atoms with van der Waals surface area (Å²) >= 11 is 0. The molecule has 0 aliphatic carbocycles. The molecule has 0 spiro atoms. The van der Waals surface area contributed by atoms with E-state index in [-0.39, 0.29) is 11.8 Å². The van der Waals surface area contributed by atoms with E-state index in [1.165, 1.54) is 5.56 Å². The van der Waals surface area contributed by atoms with Gasteiger partial charge >= 0.3 is 0 Å². The molecule has 1 aromatic carbocycles. The minimum absolute atomic E-state index is 0.0468. The molecule has 0 unspecified atom stereocenters. The fourth-order valence-electron chi connectivity index (χ4n) is 3.92. The summed E-state index contributed by atoms with van der Waals surface area (Å²) in [5.41, 5.74) is 2.27. The van der Waals surface area contributed by atoms with Crippen LogP contribution in [0.4, 0.5) is 11.6 Å². The zero-order valence-electron chi connectivity index (χ0n) is 18.9. The molecule has 1 saturated heterocycles. The average Bonchev–Trinajstić information content (AvgIpc) is 2.89. The highest BCUT2D eigenvalue weighted by Crippen LogP contribution is 2.22. The van der Waals surface area contributed by atoms with Gasteiger partial charge in [-0.1, -0.05) is 18.2 Å². The summed E-state index contributed by atoms with van der Waals surface area (Å²) in [6.45, 7) is 2.90. The van der Waals surface area contributed by atoms with E-state index in [2.05, 4.69) is 30.7 Å². The fourth-order valence-corrected chi connectivity index (χ4v) is 3.92. The molecule has 2 aromatic heterocycles. The summed E-state index contributed by atoms with van der Waals surface area (Å²) in [5, 5.41) is 15.0. The van der Waals surface area contributed by atoms with Crippen molar-refractivity contribution in [2.24, 2.45) is 5.92 Å². The number of carbonyl (C=O) groups is 1. The first kappa shape index (κ1) is 22.5. The maximum atomic E-state index is 12.6. The molecular formula is C25H30N6O2. The van der Waals surface area contributed by atoms with Gasteiger partial charge in [-0.2, -0.15) is 0 Å². The van der Waals surface area contributed by atoms with E-state index in [0.717, 1.165) is 55.3 Å². The lowest BCUT2D eigenvalue weighted by atomic mass is 9.96. The van der Waals surface area contributed by atoms with Crippen molar-refractivity contribution in [2.75, 3.05) is 37.0 Å². The van der Waals surface area contributed by atoms with Gasteiger partial charge in [-0.3, -0.25) is 9.78 Å². The van der Waals surface area contributed by atoms with Gasteiger partial charge < -0.3 is 20.3 Å². The number of pyridine rings is 1. The molecule has 0 atom stereocenters. The van der Waals surface area contributed by atoms with Crippen LogP contribution in [-0.2, 0) is 17.8 Å². The SMILES string of the molecule is COc1ccc(CCNC(=O)C2CCN(c3ccc(NCc4cccnc4)nn3)CC2)cc1. The molecule has 0 bridgehead atoms. The van der Waals surface area contributed by atoms with Crippen molar-refractivity contribution >= 4 is 17.5 Å². The second-order valence-corrected chi connectivity index (χ2v) is 8.14. The first-order valence-corrected chi connectivity index (χ1v) is 11.3. The Morgan fingerprint density at radius 3 is 2.55 bits per heavy atom. The number of methoxy groups -OCH3 is 1. The minimum Gasteiger partial charge on any atom is -0.497 e. The van der Waals surface area contributed by atoms with Crippen LogP contribution in [0.3, 0.4) is 0 Å². The predicted octanol–water partition coefficient (Wildman–Crippen LogP) is 3.07. The number of hydrogen-bond donors (Lipinski definition) is 2. The molecule has 4 rings (SSSR count). The molecule has 33 heavy (non-hydrogen) atoms. The standard InChI is InChI=1S/C25H30N6O2/c1-33-22-6-4-19(5-7-22)10-14-27-25(32)21-11-15-31(16-12-21)24-9-8-23(29-30-24)28-18-20-3-2-13-26-17-20/h2-9,13,17,21H,10-12,14-16,18H2,1H3,(H,27,32)(H,28,29). The maximum absolute atomic E-state index is 12.6. The summed E-state index contributed by atoms with van der Waals surface area (Å²) in [7, 11) is 1.66. The van der Waals surface area contributed by atoms with E-state index in [9.17, 15) is 4.79 Å². The molecular weight excluding hydrogens is 416 g/mol. The lowest BCUT2D eigenvalue weighted by Crippen LogP contribution is -2.41. The summed E-state index contributed by atoms with van der Waals surface area (Å²) in [6.07, 6.45) is 6.03. The van der Waals surface area contributed by atoms with Gasteiger partial charge in [-0.15, -0.1) is 10.2 Å². The van der Waals surface area contributed by atoms with E-state index < -0.39 is 0 Å². The smallest absolute Gasteiger partial charge is 0.223 e. The van der Waals surface area contributed by atoms with E-state index in [1.54, 1.807) is 13.3 Å². The number of benzene rings is 1. The van der Waals surface area contributed by atoms with Crippen molar-refractivity contribution in [1.82, 2.24) is 20.5 Å². The lowest BCUT2D eigenvalue weighted by molar-refractivity contribution is -0.125. The van der Waals surface area contributed by atoms with Crippen LogP contribution >= 0.6 is 0 Å². The van der Waals surface area contributed by atoms with Gasteiger partial charge in [-0.25, -0.2) is 0 Å². The Labute approximate surface area is 194 Å². The van der Waals surface area contributed by atoms with Crippen LogP contribution in [0, 0.1) is 5.92 Å². The van der Waals surface area contributed by atoms with Crippen LogP contribution in [0.25, 0.3) is 0 Å². The van der Waals surface area contributed by atoms with Crippen molar-refractivity contribution in [3.8, 4) is 5.75 Å². The Hall–Kier alpha value is -3.68. The number of amides is 1. The first-order chi connectivity index (χ1) is 16.2. The normalized spacial score (nSPS) is 14.0. The summed E-state index contributed by atoms with van der Waals surface area (Å²) in [4.78, 5) is 18.9. The molecule has 172 valence electrons. The number of ether oxygens (including phenoxy) is 1. The van der Waals surface area contributed by atoms with Crippen molar-refractivity contribution in [3.63, 3.8) is 0 Å². The predicted molar refractivity (Wildman–Crippen MR) is 128 cm³/mol. The number of nitrogens with zero attached hydrogens (tertiary/aromatic N) is 4. The number of anilines is 2. The van der Waals surface area contributed by atoms with Crippen LogP contribution in [-0.4, -0.2) is 47.8 Å². The number of nitrogens with one attached hydrogen (secondary N) is 2. The molecule has 0 saturated carbocycles. The number of aromatic nitrogens is 3. The van der Waals surface area contributed by atoms with Crippen molar-refractivity contribution < 1.29 is 9.53 Å². The van der Waals surface area contributed by atoms with Gasteiger partial charge in [0.05, 0.1) is 7.11 Å². The maximum Gasteiger partial charge on any atom is 0.223 e. The zero-order chi connectivity index (χ0) is 22.9. The molecule has 2 N–H and O–H groups in total. The van der Waals surface area contributed by atoms with Crippen molar-refractivity contribution in [3.05, 3.63) is 72.1 Å². The lowest BCUT2D eigenvalue weighted by Gasteiger charge is -2.31. The number of carbonyl (C=O) groups excluding carboxylic acids is 1. The Balaban J connectivity index is 1.18. The molecule has 8 nitrogen and oxygen atoms in total. The number of piperidine rings is 1. The van der Waals surface area contributed by atoms with Crippen molar-refractivity contribution in [1.29, 1.82) is 0 Å². The minimum atomic E-state index is 0.0468.